The molecule has 0 spiro atoms. The van der Waals surface area contributed by atoms with Crippen molar-refractivity contribution in [1.82, 2.24) is 14.6 Å². The van der Waals surface area contributed by atoms with Crippen LogP contribution in [0.4, 0.5) is 0 Å². The van der Waals surface area contributed by atoms with Crippen LogP contribution >= 0.6 is 11.5 Å². The molecule has 0 bridgehead atoms. The van der Waals surface area contributed by atoms with Gasteiger partial charge in [-0.2, -0.15) is 0 Å². The van der Waals surface area contributed by atoms with Gasteiger partial charge in [-0.15, -0.1) is 5.10 Å². The predicted molar refractivity (Wildman–Crippen MR) is 68.1 cm³/mol. The summed E-state index contributed by atoms with van der Waals surface area (Å²) < 4.78 is 8.99. The molecule has 0 saturated heterocycles. The van der Waals surface area contributed by atoms with Crippen LogP contribution in [0.3, 0.4) is 0 Å². The Kier molecular flexibility index (Phi) is 3.99. The molecule has 2 rings (SSSR count). The van der Waals surface area contributed by atoms with Gasteiger partial charge in [0.1, 0.15) is 10.6 Å². The second-order valence-electron chi connectivity index (χ2n) is 3.68. The van der Waals surface area contributed by atoms with E-state index < -0.39 is 0 Å². The molecule has 94 valence electrons. The molecular formula is C12H13N3O2S. The zero-order valence-electron chi connectivity index (χ0n) is 10.2. The Morgan fingerprint density at radius 3 is 3.06 bits per heavy atom. The average Bonchev–Trinajstić information content (AvgIpc) is 2.86. The summed E-state index contributed by atoms with van der Waals surface area (Å²) >= 11 is 1.11. The van der Waals surface area contributed by atoms with E-state index in [1.807, 2.05) is 6.92 Å². The van der Waals surface area contributed by atoms with Gasteiger partial charge in [-0.3, -0.25) is 4.79 Å². The lowest BCUT2D eigenvalue weighted by molar-refractivity contribution is 0.103. The first kappa shape index (κ1) is 12.6. The third-order valence-electron chi connectivity index (χ3n) is 2.45. The van der Waals surface area contributed by atoms with Crippen LogP contribution in [0.5, 0.6) is 5.75 Å². The molecule has 5 nitrogen and oxygen atoms in total. The minimum absolute atomic E-state index is 0.175. The number of methoxy groups -OCH3 is 1. The van der Waals surface area contributed by atoms with E-state index in [4.69, 9.17) is 4.74 Å². The van der Waals surface area contributed by atoms with Crippen molar-refractivity contribution in [2.75, 3.05) is 7.11 Å². The van der Waals surface area contributed by atoms with Crippen LogP contribution in [0.25, 0.3) is 0 Å². The van der Waals surface area contributed by atoms with E-state index in [0.717, 1.165) is 30.1 Å². The van der Waals surface area contributed by atoms with Crippen LogP contribution < -0.4 is 4.74 Å². The highest BCUT2D eigenvalue weighted by Crippen LogP contribution is 2.22. The third-order valence-corrected chi connectivity index (χ3v) is 3.22. The smallest absolute Gasteiger partial charge is 0.228 e. The second-order valence-corrected chi connectivity index (χ2v) is 4.44. The van der Waals surface area contributed by atoms with Crippen molar-refractivity contribution in [2.45, 2.75) is 19.8 Å². The Bertz CT molecular complexity index is 554. The first-order valence-corrected chi connectivity index (χ1v) is 6.40. The number of ether oxygens (including phenoxy) is 1. The highest BCUT2D eigenvalue weighted by atomic mass is 32.1. The molecule has 0 aliphatic heterocycles. The van der Waals surface area contributed by atoms with Crippen molar-refractivity contribution in [3.05, 3.63) is 34.6 Å². The fraction of sp³-hybridized carbons (Fsp3) is 0.333. The van der Waals surface area contributed by atoms with Gasteiger partial charge in [0.15, 0.2) is 5.69 Å². The number of nitrogens with zero attached hydrogens (tertiary/aromatic N) is 3. The van der Waals surface area contributed by atoms with Gasteiger partial charge in [0.2, 0.25) is 5.78 Å². The molecular weight excluding hydrogens is 250 g/mol. The molecule has 0 radical (unpaired) electrons. The Morgan fingerprint density at radius 2 is 2.33 bits per heavy atom. The maximum absolute atomic E-state index is 12.4. The van der Waals surface area contributed by atoms with Gasteiger partial charge in [-0.05, 0) is 30.1 Å². The summed E-state index contributed by atoms with van der Waals surface area (Å²) in [5, 5.41) is 3.99. The summed E-state index contributed by atoms with van der Waals surface area (Å²) in [4.78, 5) is 17.0. The standard InChI is InChI=1S/C12H13N3O2S/c1-3-5-8-12(18-15-14-8)11(16)10-9(17-2)6-4-7-13-10/h4,6-7H,3,5H2,1-2H3. The predicted octanol–water partition coefficient (Wildman–Crippen LogP) is 2.13. The lowest BCUT2D eigenvalue weighted by Crippen LogP contribution is -2.07. The van der Waals surface area contributed by atoms with Gasteiger partial charge in [0.05, 0.1) is 12.8 Å². The van der Waals surface area contributed by atoms with Crippen LogP contribution in [0, 0.1) is 0 Å². The van der Waals surface area contributed by atoms with E-state index in [9.17, 15) is 4.79 Å². The molecule has 0 amide bonds. The first-order chi connectivity index (χ1) is 8.77. The highest BCUT2D eigenvalue weighted by molar-refractivity contribution is 7.08. The maximum Gasteiger partial charge on any atom is 0.228 e. The Hall–Kier alpha value is -1.82. The van der Waals surface area contributed by atoms with Crippen LogP contribution in [0.1, 0.15) is 34.4 Å². The van der Waals surface area contributed by atoms with E-state index in [0.29, 0.717) is 16.3 Å². The van der Waals surface area contributed by atoms with Crippen molar-refractivity contribution in [1.29, 1.82) is 0 Å². The Labute approximate surface area is 109 Å². The van der Waals surface area contributed by atoms with E-state index >= 15 is 0 Å². The van der Waals surface area contributed by atoms with Gasteiger partial charge in [0.25, 0.3) is 0 Å². The fourth-order valence-electron chi connectivity index (χ4n) is 1.61. The van der Waals surface area contributed by atoms with Crippen molar-refractivity contribution in [2.24, 2.45) is 0 Å². The first-order valence-electron chi connectivity index (χ1n) is 5.62. The number of rotatable bonds is 5. The molecule has 0 aromatic carbocycles. The lowest BCUT2D eigenvalue weighted by atomic mass is 10.1. The Balaban J connectivity index is 2.38. The summed E-state index contributed by atoms with van der Waals surface area (Å²) in [6.07, 6.45) is 3.24. The molecule has 2 aromatic heterocycles. The van der Waals surface area contributed by atoms with Gasteiger partial charge in [-0.25, -0.2) is 4.98 Å². The number of hydrogen-bond acceptors (Lipinski definition) is 6. The second kappa shape index (κ2) is 5.68. The number of ketones is 1. The molecule has 0 aliphatic rings. The molecule has 0 saturated carbocycles. The van der Waals surface area contributed by atoms with E-state index in [1.54, 1.807) is 18.3 Å². The molecule has 6 heteroatoms. The van der Waals surface area contributed by atoms with Crippen LogP contribution in [0.15, 0.2) is 18.3 Å². The summed E-state index contributed by atoms with van der Waals surface area (Å²) in [6, 6.07) is 3.45. The topological polar surface area (TPSA) is 65.0 Å². The van der Waals surface area contributed by atoms with E-state index in [1.165, 1.54) is 7.11 Å². The van der Waals surface area contributed by atoms with Crippen molar-refractivity contribution in [3.8, 4) is 5.75 Å². The van der Waals surface area contributed by atoms with Gasteiger partial charge in [-0.1, -0.05) is 17.8 Å². The summed E-state index contributed by atoms with van der Waals surface area (Å²) in [5.41, 5.74) is 1.05. The molecule has 18 heavy (non-hydrogen) atoms. The Morgan fingerprint density at radius 1 is 1.50 bits per heavy atom. The maximum atomic E-state index is 12.4. The number of carbonyl (C=O) groups is 1. The van der Waals surface area contributed by atoms with E-state index in [2.05, 4.69) is 14.6 Å². The van der Waals surface area contributed by atoms with Gasteiger partial charge < -0.3 is 4.74 Å². The molecule has 2 heterocycles. The zero-order valence-corrected chi connectivity index (χ0v) is 11.0. The molecule has 2 aromatic rings. The highest BCUT2D eigenvalue weighted by Gasteiger charge is 2.21. The lowest BCUT2D eigenvalue weighted by Gasteiger charge is -2.05. The molecule has 0 N–H and O–H groups in total. The van der Waals surface area contributed by atoms with Crippen LogP contribution in [0.2, 0.25) is 0 Å². The third kappa shape index (κ3) is 2.38. The van der Waals surface area contributed by atoms with Crippen molar-refractivity contribution in [3.63, 3.8) is 0 Å². The quantitative estimate of drug-likeness (QED) is 0.773. The molecule has 0 unspecified atom stereocenters. The normalized spacial score (nSPS) is 10.3. The SMILES string of the molecule is CCCc1nnsc1C(=O)c1ncccc1OC. The summed E-state index contributed by atoms with van der Waals surface area (Å²) in [5.74, 6) is 0.296. The van der Waals surface area contributed by atoms with Crippen molar-refractivity contribution >= 4 is 17.3 Å². The summed E-state index contributed by atoms with van der Waals surface area (Å²) in [7, 11) is 1.52. The summed E-state index contributed by atoms with van der Waals surface area (Å²) in [6.45, 7) is 2.04. The largest absolute Gasteiger partial charge is 0.494 e. The van der Waals surface area contributed by atoms with Crippen LogP contribution in [-0.2, 0) is 6.42 Å². The monoisotopic (exact) mass is 263 g/mol. The number of hydrogen-bond donors (Lipinski definition) is 0. The number of aryl methyl sites for hydroxylation is 1. The fourth-order valence-corrected chi connectivity index (χ4v) is 2.26. The van der Waals surface area contributed by atoms with Crippen molar-refractivity contribution < 1.29 is 9.53 Å². The van der Waals surface area contributed by atoms with Gasteiger partial charge >= 0.3 is 0 Å². The minimum atomic E-state index is -0.175. The molecule has 0 atom stereocenters. The van der Waals surface area contributed by atoms with Crippen LogP contribution in [-0.4, -0.2) is 27.5 Å². The number of aromatic nitrogens is 3. The minimum Gasteiger partial charge on any atom is -0.494 e. The molecule has 0 aliphatic carbocycles. The molecule has 0 fully saturated rings. The van der Waals surface area contributed by atoms with Gasteiger partial charge in [0, 0.05) is 6.20 Å². The number of pyridine rings is 1. The zero-order chi connectivity index (χ0) is 13.0. The van der Waals surface area contributed by atoms with E-state index in [-0.39, 0.29) is 5.78 Å². The number of carbonyl (C=O) groups excluding carboxylic acids is 1. The average molecular weight is 263 g/mol.